The molecule has 4 rings (SSSR count). The minimum Gasteiger partial charge on any atom is -0.459 e. The first kappa shape index (κ1) is 17.0. The van der Waals surface area contributed by atoms with E-state index in [4.69, 9.17) is 9.29 Å². The van der Waals surface area contributed by atoms with E-state index in [1.54, 1.807) is 0 Å². The van der Waals surface area contributed by atoms with Crippen molar-refractivity contribution in [2.75, 3.05) is 0 Å². The van der Waals surface area contributed by atoms with Crippen molar-refractivity contribution in [1.82, 2.24) is 0 Å². The fraction of sp³-hybridized carbons (Fsp3) is 0.929. The Morgan fingerprint density at radius 3 is 1.91 bits per heavy atom. The number of hydrogen-bond donors (Lipinski definition) is 1. The largest absolute Gasteiger partial charge is 0.459 e. The molecule has 0 aromatic rings. The summed E-state index contributed by atoms with van der Waals surface area (Å²) in [6.07, 6.45) is -1.45. The van der Waals surface area contributed by atoms with Gasteiger partial charge in [0.25, 0.3) is 10.1 Å². The first-order chi connectivity index (χ1) is 10.5. The molecule has 132 valence electrons. The molecule has 4 bridgehead atoms. The maximum atomic E-state index is 12.7. The van der Waals surface area contributed by atoms with Crippen LogP contribution in [0, 0.1) is 17.8 Å². The van der Waals surface area contributed by atoms with E-state index in [9.17, 15) is 26.4 Å². The molecule has 0 saturated heterocycles. The number of rotatable bonds is 4. The molecule has 4 saturated carbocycles. The van der Waals surface area contributed by atoms with Crippen LogP contribution in [-0.2, 0) is 19.6 Å². The first-order valence-corrected chi connectivity index (χ1v) is 9.22. The lowest BCUT2D eigenvalue weighted by atomic mass is 9.54. The van der Waals surface area contributed by atoms with Crippen LogP contribution in [-0.4, -0.2) is 36.0 Å². The van der Waals surface area contributed by atoms with E-state index in [0.717, 1.165) is 19.3 Å². The van der Waals surface area contributed by atoms with E-state index in [2.05, 4.69) is 0 Å². The average molecular weight is 356 g/mol. The van der Waals surface area contributed by atoms with E-state index in [-0.39, 0.29) is 0 Å². The van der Waals surface area contributed by atoms with Crippen LogP contribution in [0.3, 0.4) is 0 Å². The maximum Gasteiger partial charge on any atom is 0.408 e. The monoisotopic (exact) mass is 356 g/mol. The van der Waals surface area contributed by atoms with E-state index < -0.39 is 39.5 Å². The number of ether oxygens (including phenoxy) is 1. The number of carbonyl (C=O) groups excluding carboxylic acids is 1. The van der Waals surface area contributed by atoms with Gasteiger partial charge in [-0.15, -0.1) is 0 Å². The van der Waals surface area contributed by atoms with Crippen molar-refractivity contribution < 1.29 is 35.7 Å². The summed E-state index contributed by atoms with van der Waals surface area (Å²) < 4.78 is 74.1. The number of halogens is 3. The zero-order chi connectivity index (χ0) is 17.0. The lowest BCUT2D eigenvalue weighted by Gasteiger charge is -2.55. The summed E-state index contributed by atoms with van der Waals surface area (Å²) in [6, 6.07) is 0. The Kier molecular flexibility index (Phi) is 3.95. The third kappa shape index (κ3) is 3.50. The first-order valence-electron chi connectivity index (χ1n) is 7.72. The van der Waals surface area contributed by atoms with E-state index in [1.165, 1.54) is 0 Å². The van der Waals surface area contributed by atoms with E-state index in [0.29, 0.717) is 37.0 Å². The molecule has 4 aliphatic rings. The summed E-state index contributed by atoms with van der Waals surface area (Å²) in [6.45, 7) is 0. The molecular formula is C14H19F3O5S. The van der Waals surface area contributed by atoms with Crippen LogP contribution in [0.5, 0.6) is 0 Å². The number of esters is 1. The third-order valence-corrected chi connectivity index (χ3v) is 6.54. The molecule has 5 nitrogen and oxygen atoms in total. The van der Waals surface area contributed by atoms with Crippen LogP contribution < -0.4 is 0 Å². The number of carbonyl (C=O) groups is 1. The quantitative estimate of drug-likeness (QED) is 0.619. The van der Waals surface area contributed by atoms with Crippen molar-refractivity contribution in [1.29, 1.82) is 0 Å². The predicted molar refractivity (Wildman–Crippen MR) is 73.0 cm³/mol. The van der Waals surface area contributed by atoms with Crippen molar-refractivity contribution in [3.05, 3.63) is 0 Å². The number of alkyl halides is 3. The topological polar surface area (TPSA) is 80.7 Å². The van der Waals surface area contributed by atoms with Gasteiger partial charge < -0.3 is 4.74 Å². The summed E-state index contributed by atoms with van der Waals surface area (Å²) in [7, 11) is -5.41. The van der Waals surface area contributed by atoms with Gasteiger partial charge >= 0.3 is 12.1 Å². The Labute approximate surface area is 132 Å². The van der Waals surface area contributed by atoms with Gasteiger partial charge in [0, 0.05) is 0 Å². The summed E-state index contributed by atoms with van der Waals surface area (Å²) in [5.41, 5.74) is -0.735. The SMILES string of the molecule is O=C(CC(C(F)(F)F)S(=O)(=O)O)OC12CC3CC(CC(C3)C1)C2. The van der Waals surface area contributed by atoms with Crippen molar-refractivity contribution in [3.8, 4) is 0 Å². The van der Waals surface area contributed by atoms with Crippen LogP contribution in [0.4, 0.5) is 13.2 Å². The van der Waals surface area contributed by atoms with Gasteiger partial charge in [-0.05, 0) is 56.3 Å². The zero-order valence-corrected chi connectivity index (χ0v) is 13.2. The molecule has 0 aromatic carbocycles. The minimum absolute atomic E-state index is 0.439. The van der Waals surface area contributed by atoms with Crippen LogP contribution in [0.25, 0.3) is 0 Å². The average Bonchev–Trinajstić information content (AvgIpc) is 2.30. The standard InChI is InChI=1S/C14H19F3O5S/c15-14(16,17)11(23(19,20)21)4-12(18)22-13-5-8-1-9(6-13)3-10(2-8)7-13/h8-11H,1-7H2,(H,19,20,21). The second-order valence-electron chi connectivity index (χ2n) is 7.32. The highest BCUT2D eigenvalue weighted by atomic mass is 32.2. The zero-order valence-electron chi connectivity index (χ0n) is 12.4. The van der Waals surface area contributed by atoms with Gasteiger partial charge in [-0.3, -0.25) is 9.35 Å². The van der Waals surface area contributed by atoms with Crippen LogP contribution in [0.2, 0.25) is 0 Å². The van der Waals surface area contributed by atoms with Crippen molar-refractivity contribution in [3.63, 3.8) is 0 Å². The van der Waals surface area contributed by atoms with Gasteiger partial charge in [-0.2, -0.15) is 21.6 Å². The lowest BCUT2D eigenvalue weighted by Crippen LogP contribution is -2.53. The van der Waals surface area contributed by atoms with Gasteiger partial charge in [0.2, 0.25) is 0 Å². The van der Waals surface area contributed by atoms with Crippen molar-refractivity contribution >= 4 is 16.1 Å². The molecule has 0 spiro atoms. The van der Waals surface area contributed by atoms with E-state index >= 15 is 0 Å². The summed E-state index contributed by atoms with van der Waals surface area (Å²) in [5.74, 6) is 0.115. The van der Waals surface area contributed by atoms with Crippen LogP contribution in [0.1, 0.15) is 44.9 Å². The van der Waals surface area contributed by atoms with Crippen molar-refractivity contribution in [2.45, 2.75) is 62.0 Å². The van der Waals surface area contributed by atoms with E-state index in [1.807, 2.05) is 0 Å². The summed E-state index contributed by atoms with van der Waals surface area (Å²) in [5, 5.41) is -3.13. The number of hydrogen-bond acceptors (Lipinski definition) is 4. The highest BCUT2D eigenvalue weighted by Crippen LogP contribution is 2.57. The van der Waals surface area contributed by atoms with Gasteiger partial charge in [0.05, 0.1) is 6.42 Å². The Hall–Kier alpha value is -0.830. The summed E-state index contributed by atoms with van der Waals surface area (Å²) >= 11 is 0. The van der Waals surface area contributed by atoms with Crippen LogP contribution in [0.15, 0.2) is 0 Å². The normalized spacial score (nSPS) is 37.7. The third-order valence-electron chi connectivity index (χ3n) is 5.39. The smallest absolute Gasteiger partial charge is 0.408 e. The molecule has 4 aliphatic carbocycles. The molecule has 1 unspecified atom stereocenters. The second-order valence-corrected chi connectivity index (χ2v) is 8.92. The molecule has 0 aromatic heterocycles. The molecule has 0 aliphatic heterocycles. The Morgan fingerprint density at radius 1 is 1.13 bits per heavy atom. The van der Waals surface area contributed by atoms with Gasteiger partial charge in [0.15, 0.2) is 5.25 Å². The van der Waals surface area contributed by atoms with Crippen molar-refractivity contribution in [2.24, 2.45) is 17.8 Å². The fourth-order valence-corrected chi connectivity index (χ4v) is 5.67. The summed E-state index contributed by atoms with van der Waals surface area (Å²) in [4.78, 5) is 11.9. The minimum atomic E-state index is -5.41. The molecule has 4 fully saturated rings. The van der Waals surface area contributed by atoms with Gasteiger partial charge in [-0.1, -0.05) is 0 Å². The van der Waals surface area contributed by atoms with Gasteiger partial charge in [-0.25, -0.2) is 0 Å². The Bertz CT molecular complexity index is 563. The molecule has 0 heterocycles. The van der Waals surface area contributed by atoms with Gasteiger partial charge in [0.1, 0.15) is 5.60 Å². The fourth-order valence-electron chi connectivity index (χ4n) is 4.98. The molecule has 23 heavy (non-hydrogen) atoms. The lowest BCUT2D eigenvalue weighted by molar-refractivity contribution is -0.191. The van der Waals surface area contributed by atoms with Crippen LogP contribution >= 0.6 is 0 Å². The second kappa shape index (κ2) is 5.34. The molecule has 0 amide bonds. The molecule has 9 heteroatoms. The highest BCUT2D eigenvalue weighted by molar-refractivity contribution is 7.86. The Morgan fingerprint density at radius 2 is 1.57 bits per heavy atom. The Balaban J connectivity index is 1.70. The maximum absolute atomic E-state index is 12.7. The molecule has 0 radical (unpaired) electrons. The molecular weight excluding hydrogens is 337 g/mol. The highest BCUT2D eigenvalue weighted by Gasteiger charge is 2.55. The predicted octanol–water partition coefficient (Wildman–Crippen LogP) is 2.71. The molecule has 1 N–H and O–H groups in total. The molecule has 1 atom stereocenters.